The number of nitrogens with zero attached hydrogens (tertiary/aromatic N) is 3. The first-order valence-electron chi connectivity index (χ1n) is 7.26. The molecule has 2 fully saturated rings. The van der Waals surface area contributed by atoms with E-state index in [0.717, 1.165) is 45.6 Å². The van der Waals surface area contributed by atoms with E-state index in [-0.39, 0.29) is 0 Å². The third-order valence-corrected chi connectivity index (χ3v) is 4.03. The molecule has 3 rings (SSSR count). The number of carbonyl (C=O) groups is 1. The number of carbonyl (C=O) groups excluding carboxylic acids is 1. The van der Waals surface area contributed by atoms with E-state index >= 15 is 0 Å². The first kappa shape index (κ1) is 13.4. The Morgan fingerprint density at radius 2 is 2.10 bits per heavy atom. The molecular formula is C15H21N3O2. The lowest BCUT2D eigenvalue weighted by Crippen LogP contribution is -2.48. The van der Waals surface area contributed by atoms with Gasteiger partial charge in [-0.3, -0.25) is 9.69 Å². The lowest BCUT2D eigenvalue weighted by Gasteiger charge is -2.34. The molecule has 108 valence electrons. The van der Waals surface area contributed by atoms with Crippen LogP contribution in [0.5, 0.6) is 5.88 Å². The van der Waals surface area contributed by atoms with Crippen molar-refractivity contribution in [3.63, 3.8) is 0 Å². The van der Waals surface area contributed by atoms with Crippen molar-refractivity contribution < 1.29 is 9.53 Å². The number of amides is 1. The number of methoxy groups -OCH3 is 1. The summed E-state index contributed by atoms with van der Waals surface area (Å²) in [7, 11) is 1.63. The van der Waals surface area contributed by atoms with Gasteiger partial charge < -0.3 is 9.64 Å². The molecule has 2 aliphatic rings. The Balaban J connectivity index is 1.51. The molecule has 1 aliphatic heterocycles. The summed E-state index contributed by atoms with van der Waals surface area (Å²) in [5, 5.41) is 0. The second-order valence-corrected chi connectivity index (χ2v) is 5.58. The number of piperazine rings is 1. The van der Waals surface area contributed by atoms with Crippen LogP contribution in [0.25, 0.3) is 0 Å². The van der Waals surface area contributed by atoms with Crippen LogP contribution in [0.1, 0.15) is 18.4 Å². The third-order valence-electron chi connectivity index (χ3n) is 4.03. The molecule has 0 aromatic carbocycles. The van der Waals surface area contributed by atoms with E-state index in [1.54, 1.807) is 13.3 Å². The van der Waals surface area contributed by atoms with E-state index in [4.69, 9.17) is 4.74 Å². The molecule has 0 bridgehead atoms. The van der Waals surface area contributed by atoms with Crippen molar-refractivity contribution in [3.05, 3.63) is 23.9 Å². The van der Waals surface area contributed by atoms with Crippen LogP contribution in [-0.4, -0.2) is 54.0 Å². The summed E-state index contributed by atoms with van der Waals surface area (Å²) in [5.41, 5.74) is 1.21. The molecule has 1 aromatic rings. The van der Waals surface area contributed by atoms with Gasteiger partial charge in [-0.1, -0.05) is 0 Å². The maximum absolute atomic E-state index is 12.0. The van der Waals surface area contributed by atoms with Crippen LogP contribution in [0.3, 0.4) is 0 Å². The van der Waals surface area contributed by atoms with Crippen molar-refractivity contribution in [2.45, 2.75) is 19.4 Å². The topological polar surface area (TPSA) is 45.7 Å². The minimum atomic E-state index is 0.339. The molecule has 20 heavy (non-hydrogen) atoms. The van der Waals surface area contributed by atoms with E-state index < -0.39 is 0 Å². The molecule has 0 atom stereocenters. The molecule has 2 heterocycles. The average Bonchev–Trinajstić information content (AvgIpc) is 3.32. The number of aromatic nitrogens is 1. The summed E-state index contributed by atoms with van der Waals surface area (Å²) < 4.78 is 5.14. The van der Waals surface area contributed by atoms with Gasteiger partial charge in [-0.2, -0.15) is 0 Å². The number of hydrogen-bond donors (Lipinski definition) is 0. The zero-order chi connectivity index (χ0) is 13.9. The Morgan fingerprint density at radius 3 is 2.75 bits per heavy atom. The highest BCUT2D eigenvalue weighted by molar-refractivity contribution is 5.81. The van der Waals surface area contributed by atoms with Gasteiger partial charge in [0, 0.05) is 50.9 Å². The van der Waals surface area contributed by atoms with Gasteiger partial charge in [-0.25, -0.2) is 4.98 Å². The van der Waals surface area contributed by atoms with Crippen LogP contribution in [0.4, 0.5) is 0 Å². The van der Waals surface area contributed by atoms with Crippen LogP contribution < -0.4 is 4.74 Å². The summed E-state index contributed by atoms with van der Waals surface area (Å²) in [6, 6.07) is 3.99. The van der Waals surface area contributed by atoms with Crippen molar-refractivity contribution in [2.24, 2.45) is 5.92 Å². The Bertz CT molecular complexity index is 480. The first-order chi connectivity index (χ1) is 9.76. The predicted octanol–water partition coefficient (Wildman–Crippen LogP) is 1.14. The summed E-state index contributed by atoms with van der Waals surface area (Å²) in [6.45, 7) is 4.51. The van der Waals surface area contributed by atoms with Gasteiger partial charge in [0.25, 0.3) is 0 Å². The molecule has 1 saturated heterocycles. The minimum Gasteiger partial charge on any atom is -0.481 e. The number of ether oxygens (including phenoxy) is 1. The predicted molar refractivity (Wildman–Crippen MR) is 75.4 cm³/mol. The van der Waals surface area contributed by atoms with Crippen molar-refractivity contribution in [2.75, 3.05) is 33.3 Å². The number of pyridine rings is 1. The van der Waals surface area contributed by atoms with E-state index in [0.29, 0.717) is 17.7 Å². The monoisotopic (exact) mass is 275 g/mol. The van der Waals surface area contributed by atoms with Crippen molar-refractivity contribution in [1.29, 1.82) is 0 Å². The molecular weight excluding hydrogens is 254 g/mol. The lowest BCUT2D eigenvalue weighted by atomic mass is 10.2. The van der Waals surface area contributed by atoms with Crippen molar-refractivity contribution in [3.8, 4) is 5.88 Å². The first-order valence-corrected chi connectivity index (χ1v) is 7.26. The van der Waals surface area contributed by atoms with E-state index in [2.05, 4.69) is 9.88 Å². The van der Waals surface area contributed by atoms with Gasteiger partial charge >= 0.3 is 0 Å². The summed E-state index contributed by atoms with van der Waals surface area (Å²) >= 11 is 0. The molecule has 0 spiro atoms. The van der Waals surface area contributed by atoms with Crippen LogP contribution in [0.2, 0.25) is 0 Å². The van der Waals surface area contributed by atoms with Gasteiger partial charge in [0.2, 0.25) is 11.8 Å². The Hall–Kier alpha value is -1.62. The third kappa shape index (κ3) is 3.10. The van der Waals surface area contributed by atoms with E-state index in [9.17, 15) is 4.79 Å². The van der Waals surface area contributed by atoms with Crippen molar-refractivity contribution in [1.82, 2.24) is 14.8 Å². The Kier molecular flexibility index (Phi) is 3.87. The second kappa shape index (κ2) is 5.79. The normalized spacial score (nSPS) is 19.9. The zero-order valence-corrected chi connectivity index (χ0v) is 11.9. The number of hydrogen-bond acceptors (Lipinski definition) is 4. The zero-order valence-electron chi connectivity index (χ0n) is 11.9. The van der Waals surface area contributed by atoms with Crippen LogP contribution in [0, 0.1) is 5.92 Å². The van der Waals surface area contributed by atoms with Gasteiger partial charge in [-0.15, -0.1) is 0 Å². The van der Waals surface area contributed by atoms with Crippen molar-refractivity contribution >= 4 is 5.91 Å². The van der Waals surface area contributed by atoms with Gasteiger partial charge in [-0.05, 0) is 24.5 Å². The highest BCUT2D eigenvalue weighted by atomic mass is 16.5. The molecule has 1 aromatic heterocycles. The molecule has 1 saturated carbocycles. The number of rotatable bonds is 4. The molecule has 0 N–H and O–H groups in total. The van der Waals surface area contributed by atoms with Gasteiger partial charge in [0.1, 0.15) is 0 Å². The van der Waals surface area contributed by atoms with Crippen LogP contribution in [-0.2, 0) is 11.3 Å². The van der Waals surface area contributed by atoms with Crippen LogP contribution >= 0.6 is 0 Å². The lowest BCUT2D eigenvalue weighted by molar-refractivity contribution is -0.134. The second-order valence-electron chi connectivity index (χ2n) is 5.58. The molecule has 1 amide bonds. The van der Waals surface area contributed by atoms with E-state index in [1.165, 1.54) is 5.56 Å². The fraction of sp³-hybridized carbons (Fsp3) is 0.600. The van der Waals surface area contributed by atoms with Gasteiger partial charge in [0.05, 0.1) is 7.11 Å². The summed E-state index contributed by atoms with van der Waals surface area (Å²) in [6.07, 6.45) is 3.97. The Morgan fingerprint density at radius 1 is 1.35 bits per heavy atom. The summed E-state index contributed by atoms with van der Waals surface area (Å²) in [4.78, 5) is 20.5. The molecule has 5 nitrogen and oxygen atoms in total. The molecule has 5 heteroatoms. The SMILES string of the molecule is COc1cc(CN2CCN(C(=O)C3CC3)CC2)ccn1. The van der Waals surface area contributed by atoms with E-state index in [1.807, 2.05) is 17.0 Å². The largest absolute Gasteiger partial charge is 0.481 e. The van der Waals surface area contributed by atoms with Crippen LogP contribution in [0.15, 0.2) is 18.3 Å². The molecule has 0 unspecified atom stereocenters. The minimum absolute atomic E-state index is 0.339. The smallest absolute Gasteiger partial charge is 0.225 e. The summed E-state index contributed by atoms with van der Waals surface area (Å²) in [5.74, 6) is 1.37. The maximum atomic E-state index is 12.0. The molecule has 1 aliphatic carbocycles. The highest BCUT2D eigenvalue weighted by Gasteiger charge is 2.34. The fourth-order valence-electron chi connectivity index (χ4n) is 2.63. The highest BCUT2D eigenvalue weighted by Crippen LogP contribution is 2.31. The Labute approximate surface area is 119 Å². The fourth-order valence-corrected chi connectivity index (χ4v) is 2.63. The standard InChI is InChI=1S/C15H21N3O2/c1-20-14-10-12(4-5-16-14)11-17-6-8-18(9-7-17)15(19)13-2-3-13/h4-5,10,13H,2-3,6-9,11H2,1H3. The average molecular weight is 275 g/mol. The molecule has 0 radical (unpaired) electrons. The quantitative estimate of drug-likeness (QED) is 0.827. The maximum Gasteiger partial charge on any atom is 0.225 e. The van der Waals surface area contributed by atoms with Gasteiger partial charge in [0.15, 0.2) is 0 Å².